The molecule has 0 spiro atoms. The lowest BCUT2D eigenvalue weighted by Crippen LogP contribution is -2.27. The number of amides is 1. The second kappa shape index (κ2) is 9.96. The van der Waals surface area contributed by atoms with Crippen molar-refractivity contribution in [3.63, 3.8) is 0 Å². The Morgan fingerprint density at radius 3 is 2.74 bits per heavy atom. The Balaban J connectivity index is 1.38. The first-order valence-electron chi connectivity index (χ1n) is 8.28. The topological polar surface area (TPSA) is 68.0 Å². The maximum Gasteiger partial charge on any atom is 0.277 e. The van der Waals surface area contributed by atoms with Crippen LogP contribution in [0.25, 0.3) is 11.5 Å². The number of thioether (sulfide) groups is 2. The van der Waals surface area contributed by atoms with Crippen LogP contribution in [0.2, 0.25) is 0 Å². The van der Waals surface area contributed by atoms with Crippen molar-refractivity contribution in [2.24, 2.45) is 0 Å². The average molecular weight is 464 g/mol. The molecule has 8 heteroatoms. The molecule has 0 saturated carbocycles. The number of nitrogens with one attached hydrogen (secondary N) is 1. The monoisotopic (exact) mass is 463 g/mol. The molecular formula is C19H18BrN3O2S2. The lowest BCUT2D eigenvalue weighted by Gasteiger charge is -2.04. The van der Waals surface area contributed by atoms with Crippen LogP contribution in [0.4, 0.5) is 0 Å². The van der Waals surface area contributed by atoms with Crippen LogP contribution in [0.1, 0.15) is 5.56 Å². The number of nitrogens with zero attached hydrogens (tertiary/aromatic N) is 2. The van der Waals surface area contributed by atoms with Gasteiger partial charge in [-0.05, 0) is 37.3 Å². The minimum Gasteiger partial charge on any atom is -0.411 e. The molecule has 0 aliphatic rings. The Bertz CT molecular complexity index is 900. The first kappa shape index (κ1) is 20.0. The molecule has 1 aromatic heterocycles. The Morgan fingerprint density at radius 2 is 1.96 bits per heavy atom. The fraction of sp³-hybridized carbons (Fsp3) is 0.211. The summed E-state index contributed by atoms with van der Waals surface area (Å²) in [7, 11) is 0. The predicted molar refractivity (Wildman–Crippen MR) is 113 cm³/mol. The normalized spacial score (nSPS) is 10.7. The fourth-order valence-electron chi connectivity index (χ4n) is 2.18. The van der Waals surface area contributed by atoms with Crippen molar-refractivity contribution in [2.75, 3.05) is 18.1 Å². The van der Waals surface area contributed by atoms with Gasteiger partial charge in [0.2, 0.25) is 11.8 Å². The van der Waals surface area contributed by atoms with Crippen LogP contribution < -0.4 is 5.32 Å². The smallest absolute Gasteiger partial charge is 0.277 e. The van der Waals surface area contributed by atoms with Gasteiger partial charge in [0.15, 0.2) is 0 Å². The Hall–Kier alpha value is -1.77. The average Bonchev–Trinajstić information content (AvgIpc) is 3.14. The summed E-state index contributed by atoms with van der Waals surface area (Å²) in [5, 5.41) is 11.3. The third-order valence-corrected chi connectivity index (χ3v) is 5.84. The molecule has 0 saturated heterocycles. The molecule has 0 fully saturated rings. The molecule has 0 atom stereocenters. The van der Waals surface area contributed by atoms with Crippen LogP contribution >= 0.6 is 39.5 Å². The lowest BCUT2D eigenvalue weighted by atomic mass is 10.2. The molecule has 0 aliphatic carbocycles. The van der Waals surface area contributed by atoms with E-state index < -0.39 is 0 Å². The third-order valence-electron chi connectivity index (χ3n) is 3.52. The minimum absolute atomic E-state index is 0.0493. The molecule has 0 bridgehead atoms. The van der Waals surface area contributed by atoms with Gasteiger partial charge in [0.25, 0.3) is 5.22 Å². The molecular weight excluding hydrogens is 446 g/mol. The largest absolute Gasteiger partial charge is 0.411 e. The molecule has 3 aromatic rings. The van der Waals surface area contributed by atoms with E-state index in [1.807, 2.05) is 24.3 Å². The van der Waals surface area contributed by atoms with E-state index in [9.17, 15) is 4.79 Å². The summed E-state index contributed by atoms with van der Waals surface area (Å²) in [5.41, 5.74) is 2.08. The Kier molecular flexibility index (Phi) is 7.37. The summed E-state index contributed by atoms with van der Waals surface area (Å²) >= 11 is 6.37. The number of hydrogen-bond acceptors (Lipinski definition) is 6. The summed E-state index contributed by atoms with van der Waals surface area (Å²) in [6.07, 6.45) is 0. The van der Waals surface area contributed by atoms with Crippen molar-refractivity contribution in [1.82, 2.24) is 15.5 Å². The van der Waals surface area contributed by atoms with Crippen molar-refractivity contribution in [2.45, 2.75) is 17.0 Å². The van der Waals surface area contributed by atoms with Crippen molar-refractivity contribution >= 4 is 45.4 Å². The van der Waals surface area contributed by atoms with Gasteiger partial charge in [-0.25, -0.2) is 0 Å². The molecule has 0 unspecified atom stereocenters. The van der Waals surface area contributed by atoms with Gasteiger partial charge in [0.05, 0.1) is 5.75 Å². The predicted octanol–water partition coefficient (Wildman–Crippen LogP) is 4.81. The fourth-order valence-corrected chi connectivity index (χ4v) is 3.94. The maximum absolute atomic E-state index is 12.0. The Morgan fingerprint density at radius 1 is 1.15 bits per heavy atom. The SMILES string of the molecule is Cc1ccc(SCCNC(=O)CSc2nnc(-c3cccc(Br)c3)o2)cc1. The van der Waals surface area contributed by atoms with Crippen LogP contribution in [-0.2, 0) is 4.79 Å². The van der Waals surface area contributed by atoms with Crippen molar-refractivity contribution in [1.29, 1.82) is 0 Å². The standard InChI is InChI=1S/C19H18BrN3O2S2/c1-13-5-7-16(8-6-13)26-10-9-21-17(24)12-27-19-23-22-18(25-19)14-3-2-4-15(20)11-14/h2-8,11H,9-10,12H2,1H3,(H,21,24). The van der Waals surface area contributed by atoms with Gasteiger partial charge in [-0.15, -0.1) is 22.0 Å². The first-order valence-corrected chi connectivity index (χ1v) is 11.0. The van der Waals surface area contributed by atoms with Crippen molar-refractivity contribution in [3.05, 3.63) is 58.6 Å². The summed E-state index contributed by atoms with van der Waals surface area (Å²) in [6.45, 7) is 2.68. The van der Waals surface area contributed by atoms with Crippen molar-refractivity contribution < 1.29 is 9.21 Å². The van der Waals surface area contributed by atoms with Crippen LogP contribution in [0.3, 0.4) is 0 Å². The molecule has 5 nitrogen and oxygen atoms in total. The number of aryl methyl sites for hydroxylation is 1. The number of halogens is 1. The van der Waals surface area contributed by atoms with Gasteiger partial charge in [-0.3, -0.25) is 4.79 Å². The molecule has 0 radical (unpaired) electrons. The van der Waals surface area contributed by atoms with E-state index in [0.29, 0.717) is 17.7 Å². The molecule has 27 heavy (non-hydrogen) atoms. The zero-order valence-corrected chi connectivity index (χ0v) is 17.9. The molecule has 3 rings (SSSR count). The highest BCUT2D eigenvalue weighted by molar-refractivity contribution is 9.10. The number of carbonyl (C=O) groups excluding carboxylic acids is 1. The first-order chi connectivity index (χ1) is 13.1. The molecule has 1 heterocycles. The van der Waals surface area contributed by atoms with Gasteiger partial charge in [-0.2, -0.15) is 0 Å². The zero-order valence-electron chi connectivity index (χ0n) is 14.6. The molecule has 140 valence electrons. The van der Waals surface area contributed by atoms with Crippen LogP contribution in [-0.4, -0.2) is 34.2 Å². The zero-order chi connectivity index (χ0) is 19.1. The van der Waals surface area contributed by atoms with Crippen LogP contribution in [0, 0.1) is 6.92 Å². The van der Waals surface area contributed by atoms with E-state index in [4.69, 9.17) is 4.42 Å². The summed E-state index contributed by atoms with van der Waals surface area (Å²) in [6, 6.07) is 16.0. The second-order valence-corrected chi connectivity index (χ2v) is 8.69. The number of carbonyl (C=O) groups is 1. The van der Waals surface area contributed by atoms with Crippen molar-refractivity contribution in [3.8, 4) is 11.5 Å². The quantitative estimate of drug-likeness (QED) is 0.381. The van der Waals surface area contributed by atoms with E-state index >= 15 is 0 Å². The summed E-state index contributed by atoms with van der Waals surface area (Å²) < 4.78 is 6.54. The molecule has 1 N–H and O–H groups in total. The molecule has 2 aromatic carbocycles. The van der Waals surface area contributed by atoms with Crippen LogP contribution in [0.5, 0.6) is 0 Å². The van der Waals surface area contributed by atoms with Gasteiger partial charge < -0.3 is 9.73 Å². The van der Waals surface area contributed by atoms with E-state index in [1.54, 1.807) is 11.8 Å². The second-order valence-electron chi connectivity index (χ2n) is 5.68. The number of hydrogen-bond donors (Lipinski definition) is 1. The van der Waals surface area contributed by atoms with E-state index in [1.165, 1.54) is 22.2 Å². The van der Waals surface area contributed by atoms with Gasteiger partial charge in [-0.1, -0.05) is 51.5 Å². The van der Waals surface area contributed by atoms with Gasteiger partial charge in [0.1, 0.15) is 0 Å². The van der Waals surface area contributed by atoms with Crippen LogP contribution in [0.15, 0.2) is 67.5 Å². The summed E-state index contributed by atoms with van der Waals surface area (Å²) in [4.78, 5) is 13.2. The highest BCUT2D eigenvalue weighted by Gasteiger charge is 2.11. The molecule has 0 aliphatic heterocycles. The van der Waals surface area contributed by atoms with E-state index in [0.717, 1.165) is 15.8 Å². The number of aromatic nitrogens is 2. The molecule has 1 amide bonds. The number of rotatable bonds is 8. The van der Waals surface area contributed by atoms with Gasteiger partial charge >= 0.3 is 0 Å². The van der Waals surface area contributed by atoms with E-state index in [-0.39, 0.29) is 11.7 Å². The van der Waals surface area contributed by atoms with Gasteiger partial charge in [0, 0.05) is 27.2 Å². The minimum atomic E-state index is -0.0493. The number of benzene rings is 2. The Labute approximate surface area is 174 Å². The third kappa shape index (κ3) is 6.41. The summed E-state index contributed by atoms with van der Waals surface area (Å²) in [5.74, 6) is 1.46. The maximum atomic E-state index is 12.0. The van der Waals surface area contributed by atoms with E-state index in [2.05, 4.69) is 62.6 Å². The lowest BCUT2D eigenvalue weighted by molar-refractivity contribution is -0.118. The highest BCUT2D eigenvalue weighted by Crippen LogP contribution is 2.25. The highest BCUT2D eigenvalue weighted by atomic mass is 79.9.